The third-order valence-corrected chi connectivity index (χ3v) is 3.49. The second kappa shape index (κ2) is 5.44. The predicted octanol–water partition coefficient (Wildman–Crippen LogP) is 3.26. The monoisotopic (exact) mass is 297 g/mol. The molecular formula is C17H15NO4. The molecule has 0 atom stereocenters. The summed E-state index contributed by atoms with van der Waals surface area (Å²) < 4.78 is 16.0. The van der Waals surface area contributed by atoms with Crippen LogP contribution in [0.15, 0.2) is 46.9 Å². The van der Waals surface area contributed by atoms with Gasteiger partial charge in [0.1, 0.15) is 17.1 Å². The van der Waals surface area contributed by atoms with Crippen LogP contribution in [0.5, 0.6) is 11.5 Å². The van der Waals surface area contributed by atoms with Crippen molar-refractivity contribution in [3.63, 3.8) is 0 Å². The number of hydrogen-bond donors (Lipinski definition) is 1. The van der Waals surface area contributed by atoms with Crippen LogP contribution in [-0.4, -0.2) is 20.0 Å². The number of methoxy groups -OCH3 is 2. The van der Waals surface area contributed by atoms with E-state index in [1.165, 1.54) is 14.2 Å². The molecule has 1 heterocycles. The molecule has 0 aliphatic carbocycles. The molecule has 0 bridgehead atoms. The average Bonchev–Trinajstić information content (AvgIpc) is 2.91. The number of para-hydroxylation sites is 1. The summed E-state index contributed by atoms with van der Waals surface area (Å²) in [6.45, 7) is 0. The van der Waals surface area contributed by atoms with Gasteiger partial charge in [-0.2, -0.15) is 0 Å². The highest BCUT2D eigenvalue weighted by Crippen LogP contribution is 2.33. The Morgan fingerprint density at radius 2 is 1.86 bits per heavy atom. The standard InChI is InChI=1S/C17H15NO4/c1-20-10-7-8-13(21-2)12(9-10)16(19)17-15(18)11-5-3-4-6-14(11)22-17/h3-9H,18H2,1-2H3. The molecular weight excluding hydrogens is 282 g/mol. The number of benzene rings is 2. The predicted molar refractivity (Wildman–Crippen MR) is 83.6 cm³/mol. The lowest BCUT2D eigenvalue weighted by atomic mass is 10.1. The molecule has 0 amide bonds. The fourth-order valence-corrected chi connectivity index (χ4v) is 2.35. The molecule has 5 nitrogen and oxygen atoms in total. The summed E-state index contributed by atoms with van der Waals surface area (Å²) in [5.74, 6) is 0.752. The second-order valence-electron chi connectivity index (χ2n) is 4.74. The van der Waals surface area contributed by atoms with Crippen molar-refractivity contribution in [3.05, 3.63) is 53.8 Å². The van der Waals surface area contributed by atoms with Crippen molar-refractivity contribution >= 4 is 22.4 Å². The Morgan fingerprint density at radius 1 is 1.09 bits per heavy atom. The Bertz CT molecular complexity index is 851. The van der Waals surface area contributed by atoms with E-state index in [2.05, 4.69) is 0 Å². The average molecular weight is 297 g/mol. The minimum absolute atomic E-state index is 0.104. The van der Waals surface area contributed by atoms with Gasteiger partial charge in [0.05, 0.1) is 25.5 Å². The third-order valence-electron chi connectivity index (χ3n) is 3.49. The molecule has 0 unspecified atom stereocenters. The molecule has 2 N–H and O–H groups in total. The van der Waals surface area contributed by atoms with Crippen LogP contribution in [0.4, 0.5) is 5.69 Å². The summed E-state index contributed by atoms with van der Waals surface area (Å²) in [7, 11) is 3.03. The van der Waals surface area contributed by atoms with E-state index in [9.17, 15) is 4.79 Å². The number of carbonyl (C=O) groups is 1. The zero-order chi connectivity index (χ0) is 15.7. The van der Waals surface area contributed by atoms with Gasteiger partial charge in [-0.05, 0) is 30.3 Å². The highest BCUT2D eigenvalue weighted by atomic mass is 16.5. The van der Waals surface area contributed by atoms with Gasteiger partial charge in [-0.1, -0.05) is 12.1 Å². The second-order valence-corrected chi connectivity index (χ2v) is 4.74. The van der Waals surface area contributed by atoms with Crippen LogP contribution in [0, 0.1) is 0 Å². The van der Waals surface area contributed by atoms with Crippen molar-refractivity contribution < 1.29 is 18.7 Å². The van der Waals surface area contributed by atoms with Crippen LogP contribution in [-0.2, 0) is 0 Å². The molecule has 0 aliphatic rings. The SMILES string of the molecule is COc1ccc(OC)c(C(=O)c2oc3ccccc3c2N)c1. The molecule has 5 heteroatoms. The summed E-state index contributed by atoms with van der Waals surface area (Å²) in [4.78, 5) is 12.8. The minimum atomic E-state index is -0.343. The minimum Gasteiger partial charge on any atom is -0.497 e. The maximum Gasteiger partial charge on any atom is 0.234 e. The highest BCUT2D eigenvalue weighted by molar-refractivity contribution is 6.15. The maximum atomic E-state index is 12.8. The van der Waals surface area contributed by atoms with E-state index < -0.39 is 0 Å². The molecule has 0 radical (unpaired) electrons. The van der Waals surface area contributed by atoms with Gasteiger partial charge in [0, 0.05) is 5.39 Å². The van der Waals surface area contributed by atoms with Gasteiger partial charge in [0.2, 0.25) is 5.78 Å². The van der Waals surface area contributed by atoms with Crippen molar-refractivity contribution in [2.24, 2.45) is 0 Å². The molecule has 0 spiro atoms. The third kappa shape index (κ3) is 2.16. The first kappa shape index (κ1) is 14.0. The zero-order valence-corrected chi connectivity index (χ0v) is 12.3. The molecule has 0 aliphatic heterocycles. The van der Waals surface area contributed by atoms with Crippen molar-refractivity contribution in [1.82, 2.24) is 0 Å². The Labute approximate surface area is 127 Å². The van der Waals surface area contributed by atoms with Crippen LogP contribution < -0.4 is 15.2 Å². The Hall–Kier alpha value is -2.95. The van der Waals surface area contributed by atoms with Gasteiger partial charge in [-0.3, -0.25) is 4.79 Å². The molecule has 22 heavy (non-hydrogen) atoms. The lowest BCUT2D eigenvalue weighted by Gasteiger charge is -2.08. The van der Waals surface area contributed by atoms with E-state index in [1.807, 2.05) is 18.2 Å². The van der Waals surface area contributed by atoms with Crippen LogP contribution in [0.3, 0.4) is 0 Å². The summed E-state index contributed by atoms with van der Waals surface area (Å²) in [6.07, 6.45) is 0. The summed E-state index contributed by atoms with van der Waals surface area (Å²) in [5.41, 5.74) is 7.29. The van der Waals surface area contributed by atoms with E-state index in [0.717, 1.165) is 0 Å². The number of ether oxygens (including phenoxy) is 2. The van der Waals surface area contributed by atoms with Gasteiger partial charge in [0.15, 0.2) is 5.76 Å². The molecule has 2 aromatic carbocycles. The number of rotatable bonds is 4. The summed E-state index contributed by atoms with van der Waals surface area (Å²) in [6, 6.07) is 12.2. The van der Waals surface area contributed by atoms with E-state index in [4.69, 9.17) is 19.6 Å². The summed E-state index contributed by atoms with van der Waals surface area (Å²) in [5, 5.41) is 0.715. The van der Waals surface area contributed by atoms with Crippen molar-refractivity contribution in [1.29, 1.82) is 0 Å². The number of furan rings is 1. The van der Waals surface area contributed by atoms with Gasteiger partial charge in [-0.15, -0.1) is 0 Å². The Kier molecular flexibility index (Phi) is 3.47. The first-order chi connectivity index (χ1) is 10.7. The zero-order valence-electron chi connectivity index (χ0n) is 12.3. The molecule has 1 aromatic heterocycles. The first-order valence-corrected chi connectivity index (χ1v) is 6.69. The first-order valence-electron chi connectivity index (χ1n) is 6.69. The van der Waals surface area contributed by atoms with E-state index in [0.29, 0.717) is 33.7 Å². The maximum absolute atomic E-state index is 12.8. The number of anilines is 1. The number of fused-ring (bicyclic) bond motifs is 1. The summed E-state index contributed by atoms with van der Waals surface area (Å²) >= 11 is 0. The van der Waals surface area contributed by atoms with Gasteiger partial charge in [-0.25, -0.2) is 0 Å². The number of nitrogens with two attached hydrogens (primary N) is 1. The van der Waals surface area contributed by atoms with Crippen LogP contribution in [0.1, 0.15) is 16.1 Å². The van der Waals surface area contributed by atoms with E-state index in [-0.39, 0.29) is 11.5 Å². The van der Waals surface area contributed by atoms with Crippen LogP contribution in [0.2, 0.25) is 0 Å². The molecule has 0 saturated heterocycles. The molecule has 3 aromatic rings. The topological polar surface area (TPSA) is 74.7 Å². The molecule has 0 saturated carbocycles. The number of hydrogen-bond acceptors (Lipinski definition) is 5. The highest BCUT2D eigenvalue weighted by Gasteiger charge is 2.23. The lowest BCUT2D eigenvalue weighted by Crippen LogP contribution is -2.05. The lowest BCUT2D eigenvalue weighted by molar-refractivity contribution is 0.101. The Balaban J connectivity index is 2.15. The van der Waals surface area contributed by atoms with Crippen LogP contribution >= 0.6 is 0 Å². The quantitative estimate of drug-likeness (QED) is 0.748. The fraction of sp³-hybridized carbons (Fsp3) is 0.118. The fourth-order valence-electron chi connectivity index (χ4n) is 2.35. The van der Waals surface area contributed by atoms with Crippen molar-refractivity contribution in [2.75, 3.05) is 20.0 Å². The number of nitrogen functional groups attached to an aromatic ring is 1. The largest absolute Gasteiger partial charge is 0.497 e. The molecule has 112 valence electrons. The normalized spacial score (nSPS) is 10.6. The van der Waals surface area contributed by atoms with Gasteiger partial charge >= 0.3 is 0 Å². The van der Waals surface area contributed by atoms with Crippen molar-refractivity contribution in [3.8, 4) is 11.5 Å². The van der Waals surface area contributed by atoms with Crippen molar-refractivity contribution in [2.45, 2.75) is 0 Å². The smallest absolute Gasteiger partial charge is 0.234 e. The Morgan fingerprint density at radius 3 is 2.55 bits per heavy atom. The molecule has 3 rings (SSSR count). The molecule has 0 fully saturated rings. The number of ketones is 1. The van der Waals surface area contributed by atoms with Gasteiger partial charge in [0.25, 0.3) is 0 Å². The van der Waals surface area contributed by atoms with E-state index in [1.54, 1.807) is 24.3 Å². The van der Waals surface area contributed by atoms with Gasteiger partial charge < -0.3 is 19.6 Å². The van der Waals surface area contributed by atoms with Crippen LogP contribution in [0.25, 0.3) is 11.0 Å². The van der Waals surface area contributed by atoms with E-state index >= 15 is 0 Å². The number of carbonyl (C=O) groups excluding carboxylic acids is 1.